The number of anilines is 2. The van der Waals surface area contributed by atoms with Crippen molar-refractivity contribution in [2.45, 2.75) is 6.42 Å². The summed E-state index contributed by atoms with van der Waals surface area (Å²) in [7, 11) is 1.73. The molecule has 90 valence electrons. The summed E-state index contributed by atoms with van der Waals surface area (Å²) in [6.07, 6.45) is 0.0331. The van der Waals surface area contributed by atoms with E-state index >= 15 is 0 Å². The van der Waals surface area contributed by atoms with Crippen LogP contribution in [-0.4, -0.2) is 37.1 Å². The van der Waals surface area contributed by atoms with Crippen molar-refractivity contribution in [2.75, 3.05) is 29.9 Å². The fraction of sp³-hybridized carbons (Fsp3) is 0.333. The number of hydrogen-bond acceptors (Lipinski definition) is 3. The molecule has 0 bridgehead atoms. The Morgan fingerprint density at radius 3 is 2.65 bits per heavy atom. The van der Waals surface area contributed by atoms with Crippen LogP contribution >= 0.6 is 0 Å². The van der Waals surface area contributed by atoms with Gasteiger partial charge in [-0.1, -0.05) is 12.1 Å². The largest absolute Gasteiger partial charge is 0.481 e. The number of carbonyl (C=O) groups is 2. The Kier molecular flexibility index (Phi) is 2.99. The highest BCUT2D eigenvalue weighted by Crippen LogP contribution is 2.32. The summed E-state index contributed by atoms with van der Waals surface area (Å²) in [6.45, 7) is 0.590. The highest BCUT2D eigenvalue weighted by atomic mass is 16.4. The summed E-state index contributed by atoms with van der Waals surface area (Å²) >= 11 is 0. The molecule has 0 aliphatic carbocycles. The van der Waals surface area contributed by atoms with Gasteiger partial charge in [0.05, 0.1) is 24.3 Å². The Bertz CT molecular complexity index is 459. The number of carboxylic acid groups (broad SMARTS) is 1. The van der Waals surface area contributed by atoms with Crippen molar-refractivity contribution in [1.82, 2.24) is 0 Å². The van der Waals surface area contributed by atoms with Crippen LogP contribution in [0.3, 0.4) is 0 Å². The van der Waals surface area contributed by atoms with Gasteiger partial charge in [0.25, 0.3) is 0 Å². The smallest absolute Gasteiger partial charge is 0.305 e. The van der Waals surface area contributed by atoms with Crippen LogP contribution in [0.5, 0.6) is 0 Å². The fourth-order valence-corrected chi connectivity index (χ4v) is 1.93. The van der Waals surface area contributed by atoms with Gasteiger partial charge in [0.15, 0.2) is 0 Å². The summed E-state index contributed by atoms with van der Waals surface area (Å²) in [5.74, 6) is -0.872. The van der Waals surface area contributed by atoms with Gasteiger partial charge in [-0.25, -0.2) is 0 Å². The molecule has 5 heteroatoms. The molecule has 0 saturated carbocycles. The van der Waals surface area contributed by atoms with Crippen LogP contribution in [0, 0.1) is 0 Å². The Hall–Kier alpha value is -2.04. The topological polar surface area (TPSA) is 60.9 Å². The monoisotopic (exact) mass is 234 g/mol. The molecule has 1 aliphatic heterocycles. The van der Waals surface area contributed by atoms with Crippen molar-refractivity contribution in [2.24, 2.45) is 0 Å². The van der Waals surface area contributed by atoms with Crippen molar-refractivity contribution >= 4 is 23.3 Å². The molecule has 1 heterocycles. The SMILES string of the molecule is CN1C(=O)CN(CCC(=O)O)c2ccccc21. The maximum Gasteiger partial charge on any atom is 0.305 e. The van der Waals surface area contributed by atoms with Crippen molar-refractivity contribution < 1.29 is 14.7 Å². The highest BCUT2D eigenvalue weighted by molar-refractivity contribution is 6.02. The van der Waals surface area contributed by atoms with Gasteiger partial charge in [-0.3, -0.25) is 9.59 Å². The van der Waals surface area contributed by atoms with Gasteiger partial charge in [0.1, 0.15) is 0 Å². The zero-order valence-electron chi connectivity index (χ0n) is 9.59. The number of carbonyl (C=O) groups excluding carboxylic acids is 1. The number of benzene rings is 1. The first kappa shape index (κ1) is 11.4. The summed E-state index contributed by atoms with van der Waals surface area (Å²) in [6, 6.07) is 7.51. The summed E-state index contributed by atoms with van der Waals surface area (Å²) in [5, 5.41) is 8.69. The minimum atomic E-state index is -0.853. The molecule has 0 unspecified atom stereocenters. The van der Waals surface area contributed by atoms with Crippen LogP contribution in [0.4, 0.5) is 11.4 Å². The molecular weight excluding hydrogens is 220 g/mol. The van der Waals surface area contributed by atoms with Gasteiger partial charge < -0.3 is 14.9 Å². The quantitative estimate of drug-likeness (QED) is 0.845. The summed E-state index contributed by atoms with van der Waals surface area (Å²) in [5.41, 5.74) is 1.74. The maximum atomic E-state index is 11.7. The van der Waals surface area contributed by atoms with E-state index in [9.17, 15) is 9.59 Å². The second kappa shape index (κ2) is 4.45. The van der Waals surface area contributed by atoms with Crippen LogP contribution in [0.15, 0.2) is 24.3 Å². The van der Waals surface area contributed by atoms with Gasteiger partial charge in [-0.2, -0.15) is 0 Å². The molecule has 17 heavy (non-hydrogen) atoms. The molecule has 1 aromatic rings. The molecule has 1 amide bonds. The second-order valence-electron chi connectivity index (χ2n) is 4.01. The Balaban J connectivity index is 2.27. The minimum absolute atomic E-state index is 0.0194. The molecule has 0 radical (unpaired) electrons. The zero-order chi connectivity index (χ0) is 12.4. The lowest BCUT2D eigenvalue weighted by molar-refractivity contribution is -0.136. The molecule has 1 aliphatic rings. The number of carboxylic acids is 1. The van der Waals surface area contributed by atoms with Gasteiger partial charge >= 0.3 is 5.97 Å². The van der Waals surface area contributed by atoms with E-state index in [1.165, 1.54) is 0 Å². The van der Waals surface area contributed by atoms with Crippen molar-refractivity contribution in [3.8, 4) is 0 Å². The van der Waals surface area contributed by atoms with Gasteiger partial charge in [0, 0.05) is 13.6 Å². The molecule has 0 aromatic heterocycles. The number of likely N-dealkylation sites (N-methyl/N-ethyl adjacent to an activating group) is 1. The van der Waals surface area contributed by atoms with Crippen LogP contribution in [0.25, 0.3) is 0 Å². The second-order valence-corrected chi connectivity index (χ2v) is 4.01. The number of amides is 1. The predicted octanol–water partition coefficient (Wildman–Crippen LogP) is 0.944. The third-order valence-corrected chi connectivity index (χ3v) is 2.88. The lowest BCUT2D eigenvalue weighted by Crippen LogP contribution is -2.44. The van der Waals surface area contributed by atoms with E-state index in [4.69, 9.17) is 5.11 Å². The van der Waals surface area contributed by atoms with Crippen LogP contribution in [0.1, 0.15) is 6.42 Å². The van der Waals surface area contributed by atoms with Crippen LogP contribution < -0.4 is 9.80 Å². The van der Waals surface area contributed by atoms with Gasteiger partial charge in [-0.15, -0.1) is 0 Å². The molecule has 5 nitrogen and oxygen atoms in total. The lowest BCUT2D eigenvalue weighted by Gasteiger charge is -2.35. The number of aliphatic carboxylic acids is 1. The maximum absolute atomic E-state index is 11.7. The number of para-hydroxylation sites is 2. The lowest BCUT2D eigenvalue weighted by atomic mass is 10.1. The van der Waals surface area contributed by atoms with E-state index in [1.54, 1.807) is 11.9 Å². The van der Waals surface area contributed by atoms with Gasteiger partial charge in [0.2, 0.25) is 5.91 Å². The Morgan fingerprint density at radius 2 is 2.00 bits per heavy atom. The van der Waals surface area contributed by atoms with Crippen LogP contribution in [0.2, 0.25) is 0 Å². The number of fused-ring (bicyclic) bond motifs is 1. The zero-order valence-corrected chi connectivity index (χ0v) is 9.59. The van der Waals surface area contributed by atoms with Crippen molar-refractivity contribution in [3.63, 3.8) is 0 Å². The van der Waals surface area contributed by atoms with E-state index in [0.717, 1.165) is 11.4 Å². The van der Waals surface area contributed by atoms with E-state index in [2.05, 4.69) is 0 Å². The Morgan fingerprint density at radius 1 is 1.35 bits per heavy atom. The van der Waals surface area contributed by atoms with E-state index in [-0.39, 0.29) is 18.9 Å². The fourth-order valence-electron chi connectivity index (χ4n) is 1.93. The standard InChI is InChI=1S/C12H14N2O3/c1-13-9-4-2-3-5-10(9)14(8-11(13)15)7-6-12(16)17/h2-5H,6-8H2,1H3,(H,16,17). The van der Waals surface area contributed by atoms with E-state index in [1.807, 2.05) is 29.2 Å². The van der Waals surface area contributed by atoms with E-state index in [0.29, 0.717) is 6.54 Å². The molecule has 0 atom stereocenters. The normalized spacial score (nSPS) is 14.8. The molecule has 0 fully saturated rings. The first-order chi connectivity index (χ1) is 8.09. The molecule has 1 N–H and O–H groups in total. The first-order valence-corrected chi connectivity index (χ1v) is 5.42. The number of nitrogens with zero attached hydrogens (tertiary/aromatic N) is 2. The Labute approximate surface area is 99.3 Å². The highest BCUT2D eigenvalue weighted by Gasteiger charge is 2.26. The molecule has 1 aromatic carbocycles. The summed E-state index contributed by atoms with van der Waals surface area (Å²) < 4.78 is 0. The number of hydrogen-bond donors (Lipinski definition) is 1. The van der Waals surface area contributed by atoms with Crippen LogP contribution in [-0.2, 0) is 9.59 Å². The third kappa shape index (κ3) is 2.22. The average Bonchev–Trinajstić information content (AvgIpc) is 2.32. The molecule has 0 spiro atoms. The number of rotatable bonds is 3. The average molecular weight is 234 g/mol. The summed E-state index contributed by atoms with van der Waals surface area (Å²) in [4.78, 5) is 25.7. The first-order valence-electron chi connectivity index (χ1n) is 5.42. The molecule has 0 saturated heterocycles. The molecular formula is C12H14N2O3. The predicted molar refractivity (Wildman–Crippen MR) is 64.3 cm³/mol. The minimum Gasteiger partial charge on any atom is -0.481 e. The third-order valence-electron chi connectivity index (χ3n) is 2.88. The van der Waals surface area contributed by atoms with Crippen molar-refractivity contribution in [1.29, 1.82) is 0 Å². The van der Waals surface area contributed by atoms with Crippen molar-refractivity contribution in [3.05, 3.63) is 24.3 Å². The van der Waals surface area contributed by atoms with Gasteiger partial charge in [-0.05, 0) is 12.1 Å². The van der Waals surface area contributed by atoms with E-state index < -0.39 is 5.97 Å². The molecule has 2 rings (SSSR count).